The number of carboxylic acids is 1. The fourth-order valence-corrected chi connectivity index (χ4v) is 6.00. The molecular weight excluding hydrogens is 566 g/mol. The number of H-pyrrole nitrogens is 1. The second-order valence-corrected chi connectivity index (χ2v) is 11.9. The Hall–Kier alpha value is -4.06. The van der Waals surface area contributed by atoms with Gasteiger partial charge >= 0.3 is 5.97 Å². The van der Waals surface area contributed by atoms with E-state index >= 15 is 0 Å². The van der Waals surface area contributed by atoms with Gasteiger partial charge in [0.1, 0.15) is 16.2 Å². The van der Waals surface area contributed by atoms with Gasteiger partial charge in [-0.2, -0.15) is 0 Å². The molecule has 0 radical (unpaired) electrons. The predicted octanol–water partition coefficient (Wildman–Crippen LogP) is 3.44. The van der Waals surface area contributed by atoms with Crippen molar-refractivity contribution in [3.8, 4) is 0 Å². The van der Waals surface area contributed by atoms with E-state index in [4.69, 9.17) is 16.6 Å². The van der Waals surface area contributed by atoms with Crippen molar-refractivity contribution in [1.29, 1.82) is 0 Å². The number of thiophene rings is 1. The zero-order valence-corrected chi connectivity index (χ0v) is 24.4. The summed E-state index contributed by atoms with van der Waals surface area (Å²) in [5.74, 6) is -1.56. The molecule has 0 saturated heterocycles. The second kappa shape index (κ2) is 11.1. The Morgan fingerprint density at radius 3 is 2.46 bits per heavy atom. The molecule has 0 spiro atoms. The molecule has 0 saturated carbocycles. The number of hydrogen-bond acceptors (Lipinski definition) is 9. The van der Waals surface area contributed by atoms with Gasteiger partial charge < -0.3 is 26.5 Å². The Morgan fingerprint density at radius 2 is 1.83 bits per heavy atom. The molecule has 0 amide bonds. The van der Waals surface area contributed by atoms with Gasteiger partial charge in [0.2, 0.25) is 5.82 Å². The molecule has 3 heterocycles. The van der Waals surface area contributed by atoms with Crippen LogP contribution in [0.25, 0.3) is 20.3 Å². The van der Waals surface area contributed by atoms with Gasteiger partial charge in [-0.25, -0.2) is 9.78 Å². The largest absolute Gasteiger partial charge is 0.475 e. The molecule has 6 N–H and O–H groups in total. The summed E-state index contributed by atoms with van der Waals surface area (Å²) in [6.07, 6.45) is 0.846. The SMILES string of the molecule is CC(C)(C)c1ccc2c(c1)sc1nc(C(=O)O)[nH]c(=O)c12.Cl.NCc1ccc2c(c1)CN(c1c(N)c(=O)c1=O)CC2. The minimum absolute atomic E-state index is 0. The van der Waals surface area contributed by atoms with Crippen LogP contribution in [0, 0.1) is 0 Å². The number of carboxylic acid groups (broad SMARTS) is 1. The number of aromatic nitrogens is 2. The van der Waals surface area contributed by atoms with Crippen LogP contribution in [-0.2, 0) is 24.9 Å². The molecule has 0 unspecified atom stereocenters. The van der Waals surface area contributed by atoms with Crippen LogP contribution < -0.4 is 32.8 Å². The van der Waals surface area contributed by atoms with Crippen molar-refractivity contribution >= 4 is 61.4 Å². The van der Waals surface area contributed by atoms with Crippen LogP contribution in [0.2, 0.25) is 0 Å². The van der Waals surface area contributed by atoms with Crippen LogP contribution in [-0.4, -0.2) is 27.6 Å². The minimum atomic E-state index is -1.23. The first-order chi connectivity index (χ1) is 18.9. The minimum Gasteiger partial charge on any atom is -0.475 e. The lowest BCUT2D eigenvalue weighted by atomic mass is 9.87. The molecule has 41 heavy (non-hydrogen) atoms. The molecule has 12 heteroatoms. The first-order valence-corrected chi connectivity index (χ1v) is 13.6. The molecule has 3 aromatic carbocycles. The number of aromatic carboxylic acids is 1. The van der Waals surface area contributed by atoms with Crippen molar-refractivity contribution in [2.24, 2.45) is 5.73 Å². The van der Waals surface area contributed by atoms with E-state index in [9.17, 15) is 19.2 Å². The highest BCUT2D eigenvalue weighted by Gasteiger charge is 2.26. The van der Waals surface area contributed by atoms with E-state index in [-0.39, 0.29) is 29.3 Å². The molecule has 0 atom stereocenters. The number of benzene rings is 2. The number of nitrogens with zero attached hydrogens (tertiary/aromatic N) is 2. The lowest BCUT2D eigenvalue weighted by Gasteiger charge is -2.31. The molecule has 214 valence electrons. The van der Waals surface area contributed by atoms with Crippen molar-refractivity contribution in [3.63, 3.8) is 0 Å². The summed E-state index contributed by atoms with van der Waals surface area (Å²) in [7, 11) is 0. The van der Waals surface area contributed by atoms with Crippen molar-refractivity contribution < 1.29 is 9.90 Å². The van der Waals surface area contributed by atoms with Crippen LogP contribution in [0.1, 0.15) is 53.6 Å². The highest BCUT2D eigenvalue weighted by Crippen LogP contribution is 2.34. The second-order valence-electron chi connectivity index (χ2n) is 10.9. The topological polar surface area (TPSA) is 172 Å². The Labute approximate surface area is 244 Å². The van der Waals surface area contributed by atoms with Crippen molar-refractivity contribution in [2.75, 3.05) is 17.2 Å². The molecule has 6 rings (SSSR count). The van der Waals surface area contributed by atoms with Gasteiger partial charge in [0.05, 0.1) is 5.39 Å². The highest BCUT2D eigenvalue weighted by molar-refractivity contribution is 7.25. The van der Waals surface area contributed by atoms with Crippen LogP contribution in [0.5, 0.6) is 0 Å². The average molecular weight is 596 g/mol. The van der Waals surface area contributed by atoms with Crippen molar-refractivity contribution in [3.05, 3.63) is 95.3 Å². The van der Waals surface area contributed by atoms with Crippen LogP contribution >= 0.6 is 23.7 Å². The van der Waals surface area contributed by atoms with E-state index in [1.165, 1.54) is 16.9 Å². The molecule has 1 aliphatic heterocycles. The maximum atomic E-state index is 12.1. The number of rotatable bonds is 3. The van der Waals surface area contributed by atoms with Gasteiger partial charge in [-0.3, -0.25) is 14.4 Å². The van der Waals surface area contributed by atoms with Crippen molar-refractivity contribution in [2.45, 2.75) is 45.7 Å². The summed E-state index contributed by atoms with van der Waals surface area (Å²) in [5, 5.41) is 10.2. The number of anilines is 2. The van der Waals surface area contributed by atoms with Gasteiger partial charge in [-0.05, 0) is 40.2 Å². The maximum Gasteiger partial charge on any atom is 0.372 e. The Balaban J connectivity index is 0.000000185. The van der Waals surface area contributed by atoms with Gasteiger partial charge in [-0.1, -0.05) is 51.1 Å². The fourth-order valence-electron chi connectivity index (χ4n) is 4.89. The monoisotopic (exact) mass is 595 g/mol. The van der Waals surface area contributed by atoms with Crippen LogP contribution in [0.4, 0.5) is 11.4 Å². The molecule has 10 nitrogen and oxygen atoms in total. The smallest absolute Gasteiger partial charge is 0.372 e. The predicted molar refractivity (Wildman–Crippen MR) is 166 cm³/mol. The zero-order valence-electron chi connectivity index (χ0n) is 22.7. The number of nitrogens with two attached hydrogens (primary N) is 2. The molecule has 0 fully saturated rings. The molecule has 1 aliphatic rings. The number of carbonyl (C=O) groups is 1. The van der Waals surface area contributed by atoms with Crippen molar-refractivity contribution in [1.82, 2.24) is 9.97 Å². The quantitative estimate of drug-likeness (QED) is 0.228. The molecule has 0 bridgehead atoms. The van der Waals surface area contributed by atoms with Gasteiger partial charge in [0.25, 0.3) is 16.4 Å². The van der Waals surface area contributed by atoms with E-state index < -0.39 is 22.4 Å². The summed E-state index contributed by atoms with van der Waals surface area (Å²) in [6.45, 7) is 8.18. The first-order valence-electron chi connectivity index (χ1n) is 12.7. The van der Waals surface area contributed by atoms with E-state index in [1.807, 2.05) is 29.2 Å². The fraction of sp³-hybridized carbons (Fsp3) is 0.276. The van der Waals surface area contributed by atoms with Crippen LogP contribution in [0.15, 0.2) is 50.8 Å². The summed E-state index contributed by atoms with van der Waals surface area (Å²) >= 11 is 1.34. The third-order valence-electron chi connectivity index (χ3n) is 7.17. The lowest BCUT2D eigenvalue weighted by molar-refractivity contribution is 0.0683. The average Bonchev–Trinajstić information content (AvgIpc) is 3.30. The van der Waals surface area contributed by atoms with Gasteiger partial charge in [-0.15, -0.1) is 23.7 Å². The molecule has 0 aliphatic carbocycles. The number of halogens is 1. The Morgan fingerprint density at radius 1 is 1.10 bits per heavy atom. The zero-order chi connectivity index (χ0) is 28.9. The molecule has 5 aromatic rings. The number of fused-ring (bicyclic) bond motifs is 4. The van der Waals surface area contributed by atoms with E-state index in [0.717, 1.165) is 33.2 Å². The Bertz CT molecular complexity index is 1930. The van der Waals surface area contributed by atoms with E-state index in [1.54, 1.807) is 0 Å². The highest BCUT2D eigenvalue weighted by atomic mass is 35.5. The summed E-state index contributed by atoms with van der Waals surface area (Å²) in [6, 6.07) is 12.1. The third-order valence-corrected chi connectivity index (χ3v) is 8.21. The third kappa shape index (κ3) is 5.48. The summed E-state index contributed by atoms with van der Waals surface area (Å²) < 4.78 is 0.943. The first kappa shape index (κ1) is 29.9. The Kier molecular flexibility index (Phi) is 8.08. The summed E-state index contributed by atoms with van der Waals surface area (Å²) in [4.78, 5) is 54.5. The molecular formula is C29H30ClN5O5S. The summed E-state index contributed by atoms with van der Waals surface area (Å²) in [5.41, 5.74) is 15.0. The standard InChI is InChI=1S/C15H14N2O3S.C14H15N3O2.ClH/c1-15(2,3)7-4-5-8-9(6-7)21-13-10(8)12(18)16-11(17-13)14(19)20;15-6-8-1-2-9-3-4-17(7-10(9)5-8)12-11(16)13(18)14(12)19;/h4-6H,1-3H3,(H,19,20)(H,16,17,18);1-2,5H,3-4,6-7,15-16H2;1H. The van der Waals surface area contributed by atoms with Gasteiger partial charge in [0.15, 0.2) is 0 Å². The van der Waals surface area contributed by atoms with Gasteiger partial charge in [0, 0.05) is 29.7 Å². The molecule has 2 aromatic heterocycles. The van der Waals surface area contributed by atoms with Crippen LogP contribution in [0.3, 0.4) is 0 Å². The number of aromatic amines is 1. The van der Waals surface area contributed by atoms with E-state index in [2.05, 4.69) is 42.9 Å². The number of hydrogen-bond donors (Lipinski definition) is 4. The maximum absolute atomic E-state index is 12.1. The number of nitrogen functional groups attached to an aromatic ring is 1. The lowest BCUT2D eigenvalue weighted by Crippen LogP contribution is -2.44. The number of nitrogens with one attached hydrogen (secondary N) is 1. The normalized spacial score (nSPS) is 13.0. The van der Waals surface area contributed by atoms with E-state index in [0.29, 0.717) is 35.5 Å².